The maximum absolute atomic E-state index is 14.5. The van der Waals surface area contributed by atoms with Crippen LogP contribution in [0, 0.1) is 0 Å². The fourth-order valence-corrected chi connectivity index (χ4v) is 6.18. The number of carboxylic acid groups (broad SMARTS) is 1. The number of benzene rings is 2. The monoisotopic (exact) mass is 504 g/mol. The van der Waals surface area contributed by atoms with Gasteiger partial charge in [-0.15, -0.1) is 5.10 Å². The Morgan fingerprint density at radius 3 is 1.91 bits per heavy atom. The van der Waals surface area contributed by atoms with Gasteiger partial charge in [-0.1, -0.05) is 84.0 Å². The Morgan fingerprint density at radius 1 is 1.00 bits per heavy atom. The third kappa shape index (κ3) is 5.76. The Balaban J connectivity index is 2.99. The zero-order chi connectivity index (χ0) is 26.6. The lowest BCUT2D eigenvalue weighted by atomic mass is 9.89. The van der Waals surface area contributed by atoms with Crippen LogP contribution in [0.5, 0.6) is 0 Å². The molecule has 0 amide bonds. The highest BCUT2D eigenvalue weighted by molar-refractivity contribution is 7.93. The van der Waals surface area contributed by atoms with E-state index in [1.165, 1.54) is 0 Å². The number of rotatable bonds is 10. The van der Waals surface area contributed by atoms with Crippen LogP contribution >= 0.6 is 0 Å². The molecule has 0 aliphatic rings. The van der Waals surface area contributed by atoms with Crippen molar-refractivity contribution in [3.63, 3.8) is 0 Å². The molecule has 9 nitrogen and oxygen atoms in total. The normalized spacial score (nSPS) is 14.3. The van der Waals surface area contributed by atoms with Crippen LogP contribution in [0.25, 0.3) is 0 Å². The summed E-state index contributed by atoms with van der Waals surface area (Å²) in [5.74, 6) is -2.48. The molecule has 0 unspecified atom stereocenters. The van der Waals surface area contributed by atoms with E-state index in [1.54, 1.807) is 35.8 Å². The molecule has 1 atom stereocenters. The number of nitrogens with zero attached hydrogens (tertiary/aromatic N) is 1. The smallest absolute Gasteiger partial charge is 0.347 e. The van der Waals surface area contributed by atoms with Crippen LogP contribution < -0.4 is 16.6 Å². The molecule has 6 N–H and O–H groups in total. The van der Waals surface area contributed by atoms with Crippen LogP contribution in [-0.2, 0) is 21.1 Å². The molecule has 2 aromatic carbocycles. The molecule has 0 aliphatic heterocycles. The quantitative estimate of drug-likeness (QED) is 0.187. The standard InChI is InChI=1S/C25H36N4O5S/c1-15(2)19-12-20(16(3)4)22(21(13-19)17(5)6)35(33,34)25(23(30)31,29-27-24(26)28-32)14-18-10-8-7-9-11-18/h7-13,15-17,29,32H,14H2,1-6H3,(H,30,31)(H3,26,27,28)/t25-/m1/s1. The average molecular weight is 505 g/mol. The molecule has 2 rings (SSSR count). The third-order valence-corrected chi connectivity index (χ3v) is 8.26. The van der Waals surface area contributed by atoms with Crippen molar-refractivity contribution in [3.8, 4) is 0 Å². The Morgan fingerprint density at radius 2 is 1.51 bits per heavy atom. The van der Waals surface area contributed by atoms with E-state index in [1.807, 2.05) is 53.7 Å². The number of sulfone groups is 1. The molecule has 0 bridgehead atoms. The first-order valence-corrected chi connectivity index (χ1v) is 13.0. The van der Waals surface area contributed by atoms with E-state index in [-0.39, 0.29) is 22.6 Å². The summed E-state index contributed by atoms with van der Waals surface area (Å²) in [5.41, 5.74) is 11.9. The van der Waals surface area contributed by atoms with Gasteiger partial charge in [0.1, 0.15) is 0 Å². The molecule has 0 spiro atoms. The molecule has 0 heterocycles. The lowest BCUT2D eigenvalue weighted by Crippen LogP contribution is -2.59. The highest BCUT2D eigenvalue weighted by Crippen LogP contribution is 2.40. The van der Waals surface area contributed by atoms with Crippen LogP contribution in [0.15, 0.2) is 52.5 Å². The number of hydroxylamine groups is 1. The molecule has 192 valence electrons. The van der Waals surface area contributed by atoms with Crippen LogP contribution in [0.3, 0.4) is 0 Å². The number of nitrogens with one attached hydrogen (secondary N) is 2. The lowest BCUT2D eigenvalue weighted by molar-refractivity contribution is -0.141. The predicted molar refractivity (Wildman–Crippen MR) is 136 cm³/mol. The first kappa shape index (κ1) is 28.1. The molecule has 0 aromatic heterocycles. The van der Waals surface area contributed by atoms with Gasteiger partial charge in [0, 0.05) is 6.42 Å². The summed E-state index contributed by atoms with van der Waals surface area (Å²) in [6, 6.07) is 12.1. The topological polar surface area (TPSA) is 154 Å². The number of guanidine groups is 1. The Hall–Kier alpha value is -3.11. The van der Waals surface area contributed by atoms with Crippen molar-refractivity contribution >= 4 is 21.8 Å². The molecule has 2 aromatic rings. The van der Waals surface area contributed by atoms with Crippen molar-refractivity contribution in [3.05, 3.63) is 64.7 Å². The van der Waals surface area contributed by atoms with Crippen molar-refractivity contribution in [2.75, 3.05) is 0 Å². The van der Waals surface area contributed by atoms with Gasteiger partial charge in [0.2, 0.25) is 15.8 Å². The molecule has 0 saturated carbocycles. The van der Waals surface area contributed by atoms with Crippen molar-refractivity contribution in [2.45, 2.75) is 75.5 Å². The van der Waals surface area contributed by atoms with Crippen LogP contribution in [-0.4, -0.2) is 35.5 Å². The number of aliphatic carboxylic acids is 1. The average Bonchev–Trinajstić information content (AvgIpc) is 2.80. The summed E-state index contributed by atoms with van der Waals surface area (Å²) in [6.45, 7) is 11.6. The lowest BCUT2D eigenvalue weighted by Gasteiger charge is -2.32. The van der Waals surface area contributed by atoms with E-state index < -0.39 is 33.1 Å². The summed E-state index contributed by atoms with van der Waals surface area (Å²) in [4.78, 5) is 10.2. The molecular formula is C25H36N4O5S. The molecule has 0 saturated heterocycles. The number of nitrogens with two attached hydrogens (primary N) is 1. The van der Waals surface area contributed by atoms with Gasteiger partial charge in [0.15, 0.2) is 0 Å². The first-order chi connectivity index (χ1) is 16.3. The number of carbonyl (C=O) groups is 1. The first-order valence-electron chi connectivity index (χ1n) is 11.5. The van der Waals surface area contributed by atoms with Gasteiger partial charge in [0.05, 0.1) is 4.90 Å². The SMILES string of the molecule is CC(C)c1cc(C(C)C)c(S(=O)(=O)[C@@](Cc2ccccc2)(NN=C(N)NO)C(=O)O)c(C(C)C)c1. The van der Waals surface area contributed by atoms with E-state index in [2.05, 4.69) is 10.5 Å². The minimum absolute atomic E-state index is 0.0246. The van der Waals surface area contributed by atoms with Crippen molar-refractivity contribution in [1.82, 2.24) is 10.9 Å². The van der Waals surface area contributed by atoms with Crippen molar-refractivity contribution in [2.24, 2.45) is 10.8 Å². The second-order valence-electron chi connectivity index (χ2n) is 9.51. The Labute approximate surface area is 207 Å². The Bertz CT molecular complexity index is 1150. The highest BCUT2D eigenvalue weighted by Gasteiger charge is 2.54. The largest absolute Gasteiger partial charge is 0.479 e. The van der Waals surface area contributed by atoms with Crippen LogP contribution in [0.1, 0.15) is 81.5 Å². The molecule has 0 radical (unpaired) electrons. The molecule has 0 aliphatic carbocycles. The van der Waals surface area contributed by atoms with Gasteiger partial charge in [-0.05, 0) is 40.0 Å². The van der Waals surface area contributed by atoms with Crippen LogP contribution in [0.4, 0.5) is 0 Å². The second-order valence-corrected chi connectivity index (χ2v) is 11.6. The van der Waals surface area contributed by atoms with Gasteiger partial charge in [-0.2, -0.15) is 0 Å². The number of hydrogen-bond donors (Lipinski definition) is 5. The molecular weight excluding hydrogens is 468 g/mol. The molecule has 10 heteroatoms. The van der Waals surface area contributed by atoms with E-state index in [0.717, 1.165) is 5.56 Å². The second kappa shape index (κ2) is 11.1. The summed E-state index contributed by atoms with van der Waals surface area (Å²) in [7, 11) is -4.64. The highest BCUT2D eigenvalue weighted by atomic mass is 32.2. The Kier molecular flexibility index (Phi) is 8.91. The van der Waals surface area contributed by atoms with Gasteiger partial charge in [-0.3, -0.25) is 10.6 Å². The zero-order valence-corrected chi connectivity index (χ0v) is 21.8. The molecule has 0 fully saturated rings. The summed E-state index contributed by atoms with van der Waals surface area (Å²) in [5, 5.41) is 23.1. The number of carboxylic acids is 1. The van der Waals surface area contributed by atoms with Gasteiger partial charge in [0.25, 0.3) is 4.87 Å². The minimum Gasteiger partial charge on any atom is -0.479 e. The molecule has 35 heavy (non-hydrogen) atoms. The van der Waals surface area contributed by atoms with Crippen molar-refractivity contribution in [1.29, 1.82) is 0 Å². The van der Waals surface area contributed by atoms with E-state index in [9.17, 15) is 18.3 Å². The number of hydrogen-bond acceptors (Lipinski definition) is 6. The fraction of sp³-hybridized carbons (Fsp3) is 0.440. The fourth-order valence-electron chi connectivity index (χ4n) is 3.87. The maximum atomic E-state index is 14.5. The zero-order valence-electron chi connectivity index (χ0n) is 21.0. The minimum atomic E-state index is -4.64. The van der Waals surface area contributed by atoms with Crippen LogP contribution in [0.2, 0.25) is 0 Å². The van der Waals surface area contributed by atoms with E-state index in [0.29, 0.717) is 16.7 Å². The van der Waals surface area contributed by atoms with E-state index in [4.69, 9.17) is 10.9 Å². The van der Waals surface area contributed by atoms with Gasteiger partial charge >= 0.3 is 5.97 Å². The van der Waals surface area contributed by atoms with E-state index >= 15 is 0 Å². The van der Waals surface area contributed by atoms with Crippen molar-refractivity contribution < 1.29 is 23.5 Å². The number of hydrazone groups is 1. The predicted octanol–water partition coefficient (Wildman–Crippen LogP) is 3.65. The maximum Gasteiger partial charge on any atom is 0.347 e. The third-order valence-electron chi connectivity index (χ3n) is 5.92. The van der Waals surface area contributed by atoms with Gasteiger partial charge < -0.3 is 10.8 Å². The van der Waals surface area contributed by atoms with Gasteiger partial charge in [-0.25, -0.2) is 18.7 Å². The summed E-state index contributed by atoms with van der Waals surface area (Å²) >= 11 is 0. The summed E-state index contributed by atoms with van der Waals surface area (Å²) < 4.78 is 29.0. The summed E-state index contributed by atoms with van der Waals surface area (Å²) in [6.07, 6.45) is -0.436.